The van der Waals surface area contributed by atoms with Crippen LogP contribution < -0.4 is 4.90 Å². The number of hydrogen-bond donors (Lipinski definition) is 0. The van der Waals surface area contributed by atoms with Crippen molar-refractivity contribution in [2.24, 2.45) is 0 Å². The number of anilines is 1. The second-order valence-electron chi connectivity index (χ2n) is 6.79. The van der Waals surface area contributed by atoms with Crippen LogP contribution in [0.5, 0.6) is 0 Å². The molecule has 0 bridgehead atoms. The third kappa shape index (κ3) is 4.68. The average Bonchev–Trinajstić information content (AvgIpc) is 2.87. The second kappa shape index (κ2) is 7.45. The molecule has 1 amide bonds. The number of amides is 1. The molecule has 0 radical (unpaired) electrons. The first-order valence-electron chi connectivity index (χ1n) is 8.50. The first kappa shape index (κ1) is 19.0. The van der Waals surface area contributed by atoms with E-state index >= 15 is 0 Å². The highest BCUT2D eigenvalue weighted by atomic mass is 35.5. The molecule has 1 saturated heterocycles. The van der Waals surface area contributed by atoms with Gasteiger partial charge in [0.25, 0.3) is 5.91 Å². The zero-order valence-electron chi connectivity index (χ0n) is 15.4. The monoisotopic (exact) mass is 385 g/mol. The summed E-state index contributed by atoms with van der Waals surface area (Å²) in [5.74, 6) is -2.22. The molecule has 1 aliphatic rings. The van der Waals surface area contributed by atoms with Crippen molar-refractivity contribution in [3.63, 3.8) is 0 Å². The summed E-state index contributed by atoms with van der Waals surface area (Å²) in [6.45, 7) is 5.56. The standard InChI is InChI=1S/C21H20ClNO4/c1-14-4-6-15(7-5-14)13-23(17-10-8-16(22)9-11-17)19(24)12-18-20(25)27-21(2,3)26-18/h4-12H,13H2,1-3H3/b18-12+. The van der Waals surface area contributed by atoms with Gasteiger partial charge in [0.2, 0.25) is 11.5 Å². The SMILES string of the molecule is Cc1ccc(CN(C(=O)/C=C2/OC(C)(C)OC2=O)c2ccc(Cl)cc2)cc1. The van der Waals surface area contributed by atoms with E-state index in [1.54, 1.807) is 43.0 Å². The fourth-order valence-electron chi connectivity index (χ4n) is 2.67. The molecule has 1 fully saturated rings. The van der Waals surface area contributed by atoms with Crippen molar-refractivity contribution in [1.82, 2.24) is 0 Å². The summed E-state index contributed by atoms with van der Waals surface area (Å²) in [4.78, 5) is 26.4. The lowest BCUT2D eigenvalue weighted by atomic mass is 10.1. The Balaban J connectivity index is 1.91. The van der Waals surface area contributed by atoms with Gasteiger partial charge in [0, 0.05) is 24.6 Å². The summed E-state index contributed by atoms with van der Waals surface area (Å²) in [5.41, 5.74) is 2.75. The van der Waals surface area contributed by atoms with E-state index in [0.29, 0.717) is 17.3 Å². The van der Waals surface area contributed by atoms with Crippen LogP contribution >= 0.6 is 11.6 Å². The molecular formula is C21H20ClNO4. The number of nitrogens with zero attached hydrogens (tertiary/aromatic N) is 1. The first-order valence-corrected chi connectivity index (χ1v) is 8.88. The van der Waals surface area contributed by atoms with Gasteiger partial charge < -0.3 is 14.4 Å². The Hall–Kier alpha value is -2.79. The highest BCUT2D eigenvalue weighted by Crippen LogP contribution is 2.27. The Morgan fingerprint density at radius 1 is 1.07 bits per heavy atom. The molecule has 140 valence electrons. The van der Waals surface area contributed by atoms with Gasteiger partial charge in [-0.15, -0.1) is 0 Å². The number of carbonyl (C=O) groups excluding carboxylic acids is 2. The maximum absolute atomic E-state index is 12.9. The number of hydrogen-bond acceptors (Lipinski definition) is 4. The van der Waals surface area contributed by atoms with E-state index in [1.807, 2.05) is 31.2 Å². The van der Waals surface area contributed by atoms with Gasteiger partial charge in [0.05, 0.1) is 12.6 Å². The molecule has 0 N–H and O–H groups in total. The van der Waals surface area contributed by atoms with E-state index in [2.05, 4.69) is 0 Å². The summed E-state index contributed by atoms with van der Waals surface area (Å²) >= 11 is 5.96. The largest absolute Gasteiger partial charge is 0.445 e. The van der Waals surface area contributed by atoms with Gasteiger partial charge >= 0.3 is 5.97 Å². The topological polar surface area (TPSA) is 55.8 Å². The molecule has 5 nitrogen and oxygen atoms in total. The zero-order valence-corrected chi connectivity index (χ0v) is 16.1. The molecule has 6 heteroatoms. The predicted octanol–water partition coefficient (Wildman–Crippen LogP) is 4.38. The van der Waals surface area contributed by atoms with E-state index < -0.39 is 11.8 Å². The average molecular weight is 386 g/mol. The van der Waals surface area contributed by atoms with Crippen LogP contribution in [-0.2, 0) is 25.6 Å². The lowest BCUT2D eigenvalue weighted by Crippen LogP contribution is -2.29. The summed E-state index contributed by atoms with van der Waals surface area (Å²) in [6, 6.07) is 14.8. The summed E-state index contributed by atoms with van der Waals surface area (Å²) in [7, 11) is 0. The van der Waals surface area contributed by atoms with Gasteiger partial charge in [-0.05, 0) is 36.8 Å². The lowest BCUT2D eigenvalue weighted by Gasteiger charge is -2.22. The molecule has 0 spiro atoms. The van der Waals surface area contributed by atoms with Gasteiger partial charge in [-0.25, -0.2) is 4.79 Å². The first-order chi connectivity index (χ1) is 12.7. The minimum absolute atomic E-state index is 0.104. The summed E-state index contributed by atoms with van der Waals surface area (Å²) < 4.78 is 10.5. The van der Waals surface area contributed by atoms with Gasteiger partial charge in [-0.2, -0.15) is 0 Å². The number of esters is 1. The number of aryl methyl sites for hydroxylation is 1. The highest BCUT2D eigenvalue weighted by Gasteiger charge is 2.38. The van der Waals surface area contributed by atoms with Crippen LogP contribution in [0.2, 0.25) is 5.02 Å². The second-order valence-corrected chi connectivity index (χ2v) is 7.22. The number of benzene rings is 2. The van der Waals surface area contributed by atoms with Crippen molar-refractivity contribution < 1.29 is 19.1 Å². The normalized spacial score (nSPS) is 16.7. The van der Waals surface area contributed by atoms with Crippen LogP contribution in [0.15, 0.2) is 60.4 Å². The van der Waals surface area contributed by atoms with E-state index in [1.165, 1.54) is 6.08 Å². The Kier molecular flexibility index (Phi) is 5.24. The van der Waals surface area contributed by atoms with Gasteiger partial charge in [-0.3, -0.25) is 4.79 Å². The minimum atomic E-state index is -1.08. The number of halogens is 1. The van der Waals surface area contributed by atoms with Crippen molar-refractivity contribution in [3.05, 3.63) is 76.5 Å². The van der Waals surface area contributed by atoms with Crippen LogP contribution in [0.4, 0.5) is 5.69 Å². The fourth-order valence-corrected chi connectivity index (χ4v) is 2.80. The van der Waals surface area contributed by atoms with Crippen molar-refractivity contribution in [2.75, 3.05) is 4.90 Å². The predicted molar refractivity (Wildman–Crippen MR) is 103 cm³/mol. The summed E-state index contributed by atoms with van der Waals surface area (Å²) in [6.07, 6.45) is 1.17. The third-order valence-corrected chi connectivity index (χ3v) is 4.27. The molecule has 0 aromatic heterocycles. The molecule has 0 saturated carbocycles. The van der Waals surface area contributed by atoms with E-state index in [-0.39, 0.29) is 11.7 Å². The Bertz CT molecular complexity index is 885. The number of ether oxygens (including phenoxy) is 2. The number of cyclic esters (lactones) is 1. The molecule has 3 rings (SSSR count). The number of rotatable bonds is 4. The van der Waals surface area contributed by atoms with Gasteiger partial charge in [0.15, 0.2) is 0 Å². The highest BCUT2D eigenvalue weighted by molar-refractivity contribution is 6.30. The van der Waals surface area contributed by atoms with Crippen LogP contribution in [-0.4, -0.2) is 17.7 Å². The zero-order chi connectivity index (χ0) is 19.6. The van der Waals surface area contributed by atoms with E-state index in [9.17, 15) is 9.59 Å². The van der Waals surface area contributed by atoms with Crippen molar-refractivity contribution in [2.45, 2.75) is 33.1 Å². The van der Waals surface area contributed by atoms with E-state index in [0.717, 1.165) is 11.1 Å². The van der Waals surface area contributed by atoms with Crippen LogP contribution in [0.3, 0.4) is 0 Å². The maximum Gasteiger partial charge on any atom is 0.377 e. The molecule has 0 atom stereocenters. The van der Waals surface area contributed by atoms with E-state index in [4.69, 9.17) is 21.1 Å². The Morgan fingerprint density at radius 3 is 2.26 bits per heavy atom. The smallest absolute Gasteiger partial charge is 0.377 e. The summed E-state index contributed by atoms with van der Waals surface area (Å²) in [5, 5.41) is 0.573. The van der Waals surface area contributed by atoms with Crippen molar-refractivity contribution in [1.29, 1.82) is 0 Å². The Morgan fingerprint density at radius 2 is 1.70 bits per heavy atom. The van der Waals surface area contributed by atoms with Crippen LogP contribution in [0, 0.1) is 6.92 Å². The molecule has 1 heterocycles. The molecule has 27 heavy (non-hydrogen) atoms. The van der Waals surface area contributed by atoms with Crippen LogP contribution in [0.1, 0.15) is 25.0 Å². The molecule has 0 unspecified atom stereocenters. The molecule has 1 aliphatic heterocycles. The van der Waals surface area contributed by atoms with Gasteiger partial charge in [-0.1, -0.05) is 41.4 Å². The van der Waals surface area contributed by atoms with Gasteiger partial charge in [0.1, 0.15) is 0 Å². The minimum Gasteiger partial charge on any atom is -0.445 e. The quantitative estimate of drug-likeness (QED) is 0.579. The molecule has 0 aliphatic carbocycles. The maximum atomic E-state index is 12.9. The number of carbonyl (C=O) groups is 2. The fraction of sp³-hybridized carbons (Fsp3) is 0.238. The molecular weight excluding hydrogens is 366 g/mol. The molecule has 2 aromatic rings. The lowest BCUT2D eigenvalue weighted by molar-refractivity contribution is -0.159. The Labute approximate surface area is 163 Å². The van der Waals surface area contributed by atoms with Crippen LogP contribution in [0.25, 0.3) is 0 Å². The molecule has 2 aromatic carbocycles. The van der Waals surface area contributed by atoms with Crippen molar-refractivity contribution in [3.8, 4) is 0 Å². The third-order valence-electron chi connectivity index (χ3n) is 4.02. The van der Waals surface area contributed by atoms with Crippen molar-refractivity contribution >= 4 is 29.2 Å².